The number of benzene rings is 2. The molecule has 2 aromatic carbocycles. The zero-order chi connectivity index (χ0) is 14.3. The van der Waals surface area contributed by atoms with Crippen LogP contribution in [0.25, 0.3) is 0 Å². The molecule has 1 unspecified atom stereocenters. The largest absolute Gasteiger partial charge is 0.360 e. The molecule has 5 heteroatoms. The van der Waals surface area contributed by atoms with Crippen molar-refractivity contribution in [3.05, 3.63) is 57.9 Å². The van der Waals surface area contributed by atoms with E-state index in [4.69, 9.17) is 11.6 Å². The number of rotatable bonds is 2. The predicted octanol–water partition coefficient (Wildman–Crippen LogP) is 4.14. The fourth-order valence-corrected chi connectivity index (χ4v) is 2.73. The molecule has 0 radical (unpaired) electrons. The first-order chi connectivity index (χ1) is 9.60. The van der Waals surface area contributed by atoms with E-state index >= 15 is 0 Å². The third kappa shape index (κ3) is 2.02. The molecule has 1 aliphatic heterocycles. The number of aryl methyl sites for hydroxylation is 1. The van der Waals surface area contributed by atoms with Gasteiger partial charge in [0.15, 0.2) is 0 Å². The summed E-state index contributed by atoms with van der Waals surface area (Å²) < 4.78 is 14.0. The van der Waals surface area contributed by atoms with Gasteiger partial charge in [-0.1, -0.05) is 17.7 Å². The molecule has 1 heterocycles. The Bertz CT molecular complexity index is 682. The van der Waals surface area contributed by atoms with Gasteiger partial charge >= 0.3 is 0 Å². The van der Waals surface area contributed by atoms with Gasteiger partial charge in [-0.25, -0.2) is 4.39 Å². The van der Waals surface area contributed by atoms with Crippen LogP contribution in [-0.2, 0) is 0 Å². The lowest BCUT2D eigenvalue weighted by atomic mass is 10.1. The Hall–Kier alpha value is -2.07. The Labute approximate surface area is 120 Å². The van der Waals surface area contributed by atoms with Gasteiger partial charge < -0.3 is 10.6 Å². The number of hydrogen-bond donors (Lipinski definition) is 2. The monoisotopic (exact) mass is 290 g/mol. The minimum Gasteiger partial charge on any atom is -0.360 e. The van der Waals surface area contributed by atoms with Crippen LogP contribution >= 0.6 is 11.6 Å². The van der Waals surface area contributed by atoms with Crippen LogP contribution < -0.4 is 10.6 Å². The van der Waals surface area contributed by atoms with Gasteiger partial charge in [-0.05, 0) is 36.8 Å². The number of aldehydes is 1. The standard InChI is InChI=1S/C15H12ClFN2O/c1-8-5-9(7-20)6-12-14(8)19-15(18-12)13-10(16)3-2-4-11(13)17/h2-7,15,18-19H,1H3. The molecule has 1 atom stereocenters. The highest BCUT2D eigenvalue weighted by Gasteiger charge is 2.26. The van der Waals surface area contributed by atoms with Gasteiger partial charge in [-0.2, -0.15) is 0 Å². The topological polar surface area (TPSA) is 41.1 Å². The first-order valence-corrected chi connectivity index (χ1v) is 6.55. The van der Waals surface area contributed by atoms with E-state index in [-0.39, 0.29) is 5.82 Å². The first kappa shape index (κ1) is 12.9. The van der Waals surface area contributed by atoms with Gasteiger partial charge in [-0.3, -0.25) is 4.79 Å². The summed E-state index contributed by atoms with van der Waals surface area (Å²) in [6.45, 7) is 1.89. The summed E-state index contributed by atoms with van der Waals surface area (Å²) in [7, 11) is 0. The second kappa shape index (κ2) is 4.80. The maximum absolute atomic E-state index is 14.0. The number of nitrogens with one attached hydrogen (secondary N) is 2. The fraction of sp³-hybridized carbons (Fsp3) is 0.133. The summed E-state index contributed by atoms with van der Waals surface area (Å²) in [6.07, 6.45) is 0.345. The number of halogens is 2. The molecule has 0 bridgehead atoms. The molecule has 0 amide bonds. The van der Waals surface area contributed by atoms with Crippen LogP contribution in [0.2, 0.25) is 5.02 Å². The van der Waals surface area contributed by atoms with Crippen molar-refractivity contribution in [2.24, 2.45) is 0 Å². The highest BCUT2D eigenvalue weighted by Crippen LogP contribution is 2.40. The summed E-state index contributed by atoms with van der Waals surface area (Å²) >= 11 is 6.07. The average Bonchev–Trinajstić information content (AvgIpc) is 2.82. The van der Waals surface area contributed by atoms with E-state index < -0.39 is 6.17 Å². The zero-order valence-corrected chi connectivity index (χ0v) is 11.5. The lowest BCUT2D eigenvalue weighted by Crippen LogP contribution is -2.14. The van der Waals surface area contributed by atoms with Gasteiger partial charge in [-0.15, -0.1) is 0 Å². The molecular formula is C15H12ClFN2O. The molecule has 1 aliphatic rings. The van der Waals surface area contributed by atoms with Crippen LogP contribution in [0.4, 0.5) is 15.8 Å². The Kier molecular flexibility index (Phi) is 3.10. The molecule has 0 saturated carbocycles. The molecule has 3 nitrogen and oxygen atoms in total. The normalized spacial score (nSPS) is 16.2. The SMILES string of the molecule is Cc1cc(C=O)cc2c1NC(c1c(F)cccc1Cl)N2. The molecule has 2 aromatic rings. The van der Waals surface area contributed by atoms with Crippen molar-refractivity contribution in [1.29, 1.82) is 0 Å². The van der Waals surface area contributed by atoms with Crippen molar-refractivity contribution in [3.8, 4) is 0 Å². The molecule has 102 valence electrons. The minimum atomic E-state index is -0.445. The Morgan fingerprint density at radius 1 is 1.30 bits per heavy atom. The lowest BCUT2D eigenvalue weighted by molar-refractivity contribution is 0.112. The molecule has 20 heavy (non-hydrogen) atoms. The Morgan fingerprint density at radius 3 is 2.80 bits per heavy atom. The molecule has 0 aromatic heterocycles. The highest BCUT2D eigenvalue weighted by molar-refractivity contribution is 6.31. The van der Waals surface area contributed by atoms with Gasteiger partial charge in [0.1, 0.15) is 18.3 Å². The van der Waals surface area contributed by atoms with E-state index in [2.05, 4.69) is 10.6 Å². The summed E-state index contributed by atoms with van der Waals surface area (Å²) in [5.74, 6) is -0.372. The maximum atomic E-state index is 14.0. The minimum absolute atomic E-state index is 0.357. The van der Waals surface area contributed by atoms with E-state index in [1.165, 1.54) is 6.07 Å². The second-order valence-corrected chi connectivity index (χ2v) is 5.14. The van der Waals surface area contributed by atoms with Crippen molar-refractivity contribution in [2.45, 2.75) is 13.1 Å². The van der Waals surface area contributed by atoms with E-state index in [0.717, 1.165) is 23.2 Å². The summed E-state index contributed by atoms with van der Waals surface area (Å²) in [5.41, 5.74) is 3.51. The molecule has 2 N–H and O–H groups in total. The summed E-state index contributed by atoms with van der Waals surface area (Å²) in [4.78, 5) is 10.9. The number of carbonyl (C=O) groups excluding carboxylic acids is 1. The molecule has 0 aliphatic carbocycles. The highest BCUT2D eigenvalue weighted by atomic mass is 35.5. The van der Waals surface area contributed by atoms with Crippen LogP contribution in [0.3, 0.4) is 0 Å². The van der Waals surface area contributed by atoms with E-state index in [1.807, 2.05) is 6.92 Å². The van der Waals surface area contributed by atoms with Gasteiger partial charge in [0.2, 0.25) is 0 Å². The van der Waals surface area contributed by atoms with E-state index in [9.17, 15) is 9.18 Å². The van der Waals surface area contributed by atoms with Gasteiger partial charge in [0.05, 0.1) is 16.4 Å². The van der Waals surface area contributed by atoms with Crippen molar-refractivity contribution in [1.82, 2.24) is 0 Å². The molecule has 0 spiro atoms. The van der Waals surface area contributed by atoms with Crippen molar-refractivity contribution in [2.75, 3.05) is 10.6 Å². The lowest BCUT2D eigenvalue weighted by Gasteiger charge is -2.15. The Balaban J connectivity index is 2.02. The van der Waals surface area contributed by atoms with E-state index in [1.54, 1.807) is 24.3 Å². The number of hydrogen-bond acceptors (Lipinski definition) is 3. The number of anilines is 2. The summed E-state index contributed by atoms with van der Waals surface area (Å²) in [5, 5.41) is 6.71. The first-order valence-electron chi connectivity index (χ1n) is 6.17. The van der Waals surface area contributed by atoms with Crippen LogP contribution in [0.5, 0.6) is 0 Å². The quantitative estimate of drug-likeness (QED) is 0.817. The third-order valence-electron chi connectivity index (χ3n) is 3.37. The van der Waals surface area contributed by atoms with Crippen LogP contribution in [0, 0.1) is 12.7 Å². The number of carbonyl (C=O) groups is 1. The summed E-state index contributed by atoms with van der Waals surface area (Å²) in [6, 6.07) is 8.11. The zero-order valence-electron chi connectivity index (χ0n) is 10.7. The van der Waals surface area contributed by atoms with Gasteiger partial charge in [0.25, 0.3) is 0 Å². The fourth-order valence-electron chi connectivity index (χ4n) is 2.46. The van der Waals surface area contributed by atoms with Crippen molar-refractivity contribution < 1.29 is 9.18 Å². The van der Waals surface area contributed by atoms with Gasteiger partial charge in [0, 0.05) is 11.1 Å². The van der Waals surface area contributed by atoms with Crippen LogP contribution in [0.1, 0.15) is 27.7 Å². The van der Waals surface area contributed by atoms with E-state index in [0.29, 0.717) is 16.1 Å². The molecule has 0 fully saturated rings. The van der Waals surface area contributed by atoms with Crippen LogP contribution in [-0.4, -0.2) is 6.29 Å². The second-order valence-electron chi connectivity index (χ2n) is 4.74. The predicted molar refractivity (Wildman–Crippen MR) is 78.0 cm³/mol. The van der Waals surface area contributed by atoms with Crippen LogP contribution in [0.15, 0.2) is 30.3 Å². The van der Waals surface area contributed by atoms with Crippen molar-refractivity contribution in [3.63, 3.8) is 0 Å². The Morgan fingerprint density at radius 2 is 2.10 bits per heavy atom. The number of fused-ring (bicyclic) bond motifs is 1. The molecule has 0 saturated heterocycles. The molecular weight excluding hydrogens is 279 g/mol. The maximum Gasteiger partial charge on any atom is 0.150 e. The smallest absolute Gasteiger partial charge is 0.150 e. The molecule has 3 rings (SSSR count). The average molecular weight is 291 g/mol. The van der Waals surface area contributed by atoms with Crippen molar-refractivity contribution >= 4 is 29.3 Å². The third-order valence-corrected chi connectivity index (χ3v) is 3.70.